The molecular weight excluding hydrogens is 260 g/mol. The first kappa shape index (κ1) is 14.2. The predicted molar refractivity (Wildman–Crippen MR) is 79.5 cm³/mol. The van der Waals surface area contributed by atoms with E-state index < -0.39 is 9.84 Å². The van der Waals surface area contributed by atoms with Crippen LogP contribution in [0.15, 0.2) is 23.1 Å². The van der Waals surface area contributed by atoms with Gasteiger partial charge >= 0.3 is 0 Å². The van der Waals surface area contributed by atoms with E-state index in [4.69, 9.17) is 0 Å². The molecule has 1 aromatic carbocycles. The van der Waals surface area contributed by atoms with Gasteiger partial charge in [-0.25, -0.2) is 8.42 Å². The maximum atomic E-state index is 11.8. The Labute approximate surface area is 115 Å². The number of benzene rings is 1. The molecule has 19 heavy (non-hydrogen) atoms. The summed E-state index contributed by atoms with van der Waals surface area (Å²) in [5.41, 5.74) is 1.77. The monoisotopic (exact) mass is 282 g/mol. The third-order valence-corrected chi connectivity index (χ3v) is 5.36. The van der Waals surface area contributed by atoms with Gasteiger partial charge in [-0.3, -0.25) is 0 Å². The first-order valence-electron chi connectivity index (χ1n) is 6.73. The summed E-state index contributed by atoms with van der Waals surface area (Å²) in [7, 11) is -3.21. The molecule has 0 saturated heterocycles. The van der Waals surface area contributed by atoms with Crippen molar-refractivity contribution in [1.29, 1.82) is 0 Å². The molecular formula is C14H22N2O2S. The second-order valence-corrected chi connectivity index (χ2v) is 7.35. The van der Waals surface area contributed by atoms with Crippen LogP contribution in [0.3, 0.4) is 0 Å². The molecule has 106 valence electrons. The lowest BCUT2D eigenvalue weighted by atomic mass is 9.82. The van der Waals surface area contributed by atoms with Gasteiger partial charge in [-0.1, -0.05) is 19.9 Å². The number of nitrogens with one attached hydrogen (secondary N) is 2. The minimum atomic E-state index is -3.21. The average molecular weight is 282 g/mol. The summed E-state index contributed by atoms with van der Waals surface area (Å²) in [5.74, 6) is 0. The van der Waals surface area contributed by atoms with E-state index in [0.29, 0.717) is 10.6 Å². The molecule has 2 rings (SSSR count). The minimum Gasteiger partial charge on any atom is -0.383 e. The first-order valence-corrected chi connectivity index (χ1v) is 8.62. The largest absolute Gasteiger partial charge is 0.383 e. The molecule has 0 amide bonds. The summed E-state index contributed by atoms with van der Waals surface area (Å²) in [6, 6.07) is 5.38. The fraction of sp³-hybridized carbons (Fsp3) is 0.571. The van der Waals surface area contributed by atoms with E-state index in [2.05, 4.69) is 24.5 Å². The SMILES string of the molecule is CCC1(CC)CNc2cccc(S(C)(=O)=O)c2NC1. The van der Waals surface area contributed by atoms with Crippen molar-refractivity contribution in [1.82, 2.24) is 0 Å². The molecule has 1 aromatic rings. The lowest BCUT2D eigenvalue weighted by Gasteiger charge is -2.30. The zero-order chi connectivity index (χ0) is 14.1. The summed E-state index contributed by atoms with van der Waals surface area (Å²) in [6.07, 6.45) is 3.37. The third kappa shape index (κ3) is 2.71. The second kappa shape index (κ2) is 5.04. The molecule has 0 atom stereocenters. The highest BCUT2D eigenvalue weighted by Gasteiger charge is 2.30. The fourth-order valence-corrected chi connectivity index (χ4v) is 3.42. The topological polar surface area (TPSA) is 58.2 Å². The highest BCUT2D eigenvalue weighted by atomic mass is 32.2. The van der Waals surface area contributed by atoms with E-state index in [-0.39, 0.29) is 5.41 Å². The molecule has 0 fully saturated rings. The van der Waals surface area contributed by atoms with Gasteiger partial charge in [0, 0.05) is 24.8 Å². The molecule has 1 aliphatic heterocycles. The molecule has 0 aromatic heterocycles. The van der Waals surface area contributed by atoms with Gasteiger partial charge in [0.25, 0.3) is 0 Å². The maximum absolute atomic E-state index is 11.8. The number of hydrogen-bond acceptors (Lipinski definition) is 4. The molecule has 0 bridgehead atoms. The van der Waals surface area contributed by atoms with Gasteiger partial charge in [0.2, 0.25) is 0 Å². The van der Waals surface area contributed by atoms with Gasteiger partial charge in [0.1, 0.15) is 0 Å². The Bertz CT molecular complexity index is 563. The molecule has 0 saturated carbocycles. The van der Waals surface area contributed by atoms with Crippen molar-refractivity contribution in [3.05, 3.63) is 18.2 Å². The van der Waals surface area contributed by atoms with Crippen molar-refractivity contribution < 1.29 is 8.42 Å². The van der Waals surface area contributed by atoms with E-state index >= 15 is 0 Å². The molecule has 0 aliphatic carbocycles. The maximum Gasteiger partial charge on any atom is 0.177 e. The van der Waals surface area contributed by atoms with Crippen LogP contribution >= 0.6 is 0 Å². The van der Waals surface area contributed by atoms with Gasteiger partial charge in [-0.05, 0) is 25.0 Å². The molecule has 0 unspecified atom stereocenters. The first-order chi connectivity index (χ1) is 8.92. The number of para-hydroxylation sites is 1. The minimum absolute atomic E-state index is 0.174. The Morgan fingerprint density at radius 2 is 1.79 bits per heavy atom. The summed E-state index contributed by atoms with van der Waals surface area (Å²) in [4.78, 5) is 0.375. The van der Waals surface area contributed by atoms with E-state index in [1.807, 2.05) is 6.07 Å². The van der Waals surface area contributed by atoms with Crippen LogP contribution in [0.2, 0.25) is 0 Å². The Kier molecular flexibility index (Phi) is 3.76. The van der Waals surface area contributed by atoms with Crippen molar-refractivity contribution >= 4 is 21.2 Å². The van der Waals surface area contributed by atoms with Crippen LogP contribution in [0.25, 0.3) is 0 Å². The number of fused-ring (bicyclic) bond motifs is 1. The summed E-state index contributed by atoms with van der Waals surface area (Å²) in [5, 5.41) is 6.75. The van der Waals surface area contributed by atoms with Crippen molar-refractivity contribution in [2.75, 3.05) is 30.0 Å². The van der Waals surface area contributed by atoms with Crippen LogP contribution in [0.5, 0.6) is 0 Å². The quantitative estimate of drug-likeness (QED) is 0.895. The van der Waals surface area contributed by atoms with Crippen LogP contribution in [-0.4, -0.2) is 27.8 Å². The lowest BCUT2D eigenvalue weighted by molar-refractivity contribution is 0.307. The van der Waals surface area contributed by atoms with E-state index in [1.54, 1.807) is 12.1 Å². The average Bonchev–Trinajstić information content (AvgIpc) is 2.57. The summed E-state index contributed by atoms with van der Waals surface area (Å²) >= 11 is 0. The van der Waals surface area contributed by atoms with Crippen molar-refractivity contribution in [2.45, 2.75) is 31.6 Å². The smallest absolute Gasteiger partial charge is 0.177 e. The van der Waals surface area contributed by atoms with Crippen LogP contribution in [0, 0.1) is 5.41 Å². The van der Waals surface area contributed by atoms with Crippen LogP contribution in [0.4, 0.5) is 11.4 Å². The van der Waals surface area contributed by atoms with Gasteiger partial charge < -0.3 is 10.6 Å². The van der Waals surface area contributed by atoms with Crippen LogP contribution in [0.1, 0.15) is 26.7 Å². The summed E-state index contributed by atoms with van der Waals surface area (Å²) < 4.78 is 23.7. The van der Waals surface area contributed by atoms with Crippen LogP contribution in [-0.2, 0) is 9.84 Å². The highest BCUT2D eigenvalue weighted by Crippen LogP contribution is 2.37. The molecule has 5 heteroatoms. The number of rotatable bonds is 3. The molecule has 2 N–H and O–H groups in total. The van der Waals surface area contributed by atoms with E-state index in [9.17, 15) is 8.42 Å². The van der Waals surface area contributed by atoms with E-state index in [0.717, 1.165) is 31.6 Å². The van der Waals surface area contributed by atoms with Crippen molar-refractivity contribution in [2.24, 2.45) is 5.41 Å². The normalized spacial score (nSPS) is 17.8. The van der Waals surface area contributed by atoms with E-state index in [1.165, 1.54) is 6.26 Å². The molecule has 0 spiro atoms. The van der Waals surface area contributed by atoms with Gasteiger partial charge in [0.05, 0.1) is 16.3 Å². The standard InChI is InChI=1S/C14H22N2O2S/c1-4-14(5-2)9-15-11-7-6-8-12(19(3,17)18)13(11)16-10-14/h6-8,15-16H,4-5,9-10H2,1-3H3. The molecule has 1 aliphatic rings. The zero-order valence-corrected chi connectivity index (χ0v) is 12.6. The zero-order valence-electron chi connectivity index (χ0n) is 11.8. The third-order valence-electron chi connectivity index (χ3n) is 4.22. The molecule has 4 nitrogen and oxygen atoms in total. The second-order valence-electron chi connectivity index (χ2n) is 5.37. The Balaban J connectivity index is 2.44. The number of anilines is 2. The van der Waals surface area contributed by atoms with Gasteiger partial charge in [-0.15, -0.1) is 0 Å². The molecule has 1 heterocycles. The molecule has 0 radical (unpaired) electrons. The summed E-state index contributed by atoms with van der Waals surface area (Å²) in [6.45, 7) is 6.03. The Hall–Kier alpha value is -1.23. The Morgan fingerprint density at radius 3 is 2.37 bits per heavy atom. The fourth-order valence-electron chi connectivity index (χ4n) is 2.54. The number of hydrogen-bond donors (Lipinski definition) is 2. The van der Waals surface area contributed by atoms with Crippen LogP contribution < -0.4 is 10.6 Å². The van der Waals surface area contributed by atoms with Gasteiger partial charge in [-0.2, -0.15) is 0 Å². The number of sulfone groups is 1. The Morgan fingerprint density at radius 1 is 1.16 bits per heavy atom. The highest BCUT2D eigenvalue weighted by molar-refractivity contribution is 7.90. The lowest BCUT2D eigenvalue weighted by Crippen LogP contribution is -2.33. The predicted octanol–water partition coefficient (Wildman–Crippen LogP) is 2.73. The van der Waals surface area contributed by atoms with Crippen molar-refractivity contribution in [3.8, 4) is 0 Å². The van der Waals surface area contributed by atoms with Crippen molar-refractivity contribution in [3.63, 3.8) is 0 Å². The van der Waals surface area contributed by atoms with Gasteiger partial charge in [0.15, 0.2) is 9.84 Å².